The van der Waals surface area contributed by atoms with Gasteiger partial charge in [0.25, 0.3) is 0 Å². The number of hydrogen-bond donors (Lipinski definition) is 0. The topological polar surface area (TPSA) is 12.4 Å². The molecule has 56 valence electrons. The Bertz CT molecular complexity index is 282. The van der Waals surface area contributed by atoms with Crippen LogP contribution < -0.4 is 0 Å². The molecule has 11 heavy (non-hydrogen) atoms. The minimum atomic E-state index is 0.797. The van der Waals surface area contributed by atoms with Gasteiger partial charge in [0.05, 0.1) is 6.54 Å². The molecular formula is C10H11N. The molecule has 0 fully saturated rings. The molecule has 0 unspecified atom stereocenters. The van der Waals surface area contributed by atoms with Gasteiger partial charge in [-0.1, -0.05) is 11.5 Å². The van der Waals surface area contributed by atoms with E-state index in [4.69, 9.17) is 0 Å². The Morgan fingerprint density at radius 3 is 3.09 bits per heavy atom. The SMILES string of the molecule is CC#CC1=CC=NCC(C)=C1. The summed E-state index contributed by atoms with van der Waals surface area (Å²) < 4.78 is 0. The summed E-state index contributed by atoms with van der Waals surface area (Å²) in [6.45, 7) is 4.70. The van der Waals surface area contributed by atoms with E-state index in [-0.39, 0.29) is 0 Å². The molecular weight excluding hydrogens is 134 g/mol. The van der Waals surface area contributed by atoms with Crippen molar-refractivity contribution >= 4 is 6.21 Å². The number of rotatable bonds is 0. The van der Waals surface area contributed by atoms with Gasteiger partial charge in [-0.25, -0.2) is 0 Å². The predicted molar refractivity (Wildman–Crippen MR) is 48.6 cm³/mol. The molecule has 0 N–H and O–H groups in total. The monoisotopic (exact) mass is 145 g/mol. The number of aliphatic imine (C=N–C) groups is 1. The van der Waals surface area contributed by atoms with Crippen molar-refractivity contribution in [1.82, 2.24) is 0 Å². The first-order valence-corrected chi connectivity index (χ1v) is 3.63. The summed E-state index contributed by atoms with van der Waals surface area (Å²) >= 11 is 0. The van der Waals surface area contributed by atoms with Crippen LogP contribution in [0.2, 0.25) is 0 Å². The number of allylic oxidation sites excluding steroid dienone is 3. The highest BCUT2D eigenvalue weighted by molar-refractivity contribution is 5.75. The number of hydrogen-bond acceptors (Lipinski definition) is 1. The van der Waals surface area contributed by atoms with Gasteiger partial charge in [0.1, 0.15) is 0 Å². The molecule has 0 radical (unpaired) electrons. The van der Waals surface area contributed by atoms with Crippen LogP contribution in [0.25, 0.3) is 0 Å². The maximum atomic E-state index is 4.15. The van der Waals surface area contributed by atoms with Gasteiger partial charge in [-0.15, -0.1) is 5.92 Å². The quantitative estimate of drug-likeness (QED) is 0.462. The zero-order chi connectivity index (χ0) is 8.10. The Balaban J connectivity index is 2.90. The lowest BCUT2D eigenvalue weighted by Gasteiger charge is -1.90. The van der Waals surface area contributed by atoms with Crippen molar-refractivity contribution in [2.45, 2.75) is 13.8 Å². The van der Waals surface area contributed by atoms with Gasteiger partial charge >= 0.3 is 0 Å². The molecule has 1 aliphatic rings. The Morgan fingerprint density at radius 2 is 2.36 bits per heavy atom. The van der Waals surface area contributed by atoms with Crippen LogP contribution in [0.1, 0.15) is 13.8 Å². The lowest BCUT2D eigenvalue weighted by Crippen LogP contribution is -1.80. The first kappa shape index (κ1) is 7.81. The standard InChI is InChI=1S/C10H11N/c1-3-4-10-5-6-11-8-9(2)7-10/h5-7H,8H2,1-2H3. The molecule has 1 heterocycles. The van der Waals surface area contributed by atoms with Gasteiger partial charge in [0, 0.05) is 11.8 Å². The van der Waals surface area contributed by atoms with Gasteiger partial charge in [-0.3, -0.25) is 4.99 Å². The zero-order valence-corrected chi connectivity index (χ0v) is 6.89. The summed E-state index contributed by atoms with van der Waals surface area (Å²) in [7, 11) is 0. The van der Waals surface area contributed by atoms with Crippen molar-refractivity contribution in [2.75, 3.05) is 6.54 Å². The minimum absolute atomic E-state index is 0.797. The van der Waals surface area contributed by atoms with Crippen LogP contribution >= 0.6 is 0 Å². The first-order valence-electron chi connectivity index (χ1n) is 3.63. The summed E-state index contributed by atoms with van der Waals surface area (Å²) in [6, 6.07) is 0. The third kappa shape index (κ3) is 2.43. The fourth-order valence-corrected chi connectivity index (χ4v) is 0.911. The highest BCUT2D eigenvalue weighted by Crippen LogP contribution is 2.04. The molecule has 1 heteroatoms. The van der Waals surface area contributed by atoms with E-state index in [2.05, 4.69) is 29.8 Å². The average molecular weight is 145 g/mol. The highest BCUT2D eigenvalue weighted by atomic mass is 14.7. The molecule has 0 saturated carbocycles. The third-order valence-corrected chi connectivity index (χ3v) is 1.37. The lowest BCUT2D eigenvalue weighted by atomic mass is 10.2. The van der Waals surface area contributed by atoms with Crippen molar-refractivity contribution in [3.8, 4) is 11.8 Å². The van der Waals surface area contributed by atoms with E-state index in [0.717, 1.165) is 12.1 Å². The van der Waals surface area contributed by atoms with Crippen molar-refractivity contribution < 1.29 is 0 Å². The summed E-state index contributed by atoms with van der Waals surface area (Å²) in [5, 5.41) is 0. The third-order valence-electron chi connectivity index (χ3n) is 1.37. The van der Waals surface area contributed by atoms with Crippen molar-refractivity contribution in [3.05, 3.63) is 23.3 Å². The van der Waals surface area contributed by atoms with Crippen LogP contribution in [0.4, 0.5) is 0 Å². The van der Waals surface area contributed by atoms with Gasteiger partial charge < -0.3 is 0 Å². The van der Waals surface area contributed by atoms with Crippen molar-refractivity contribution in [1.29, 1.82) is 0 Å². The summed E-state index contributed by atoms with van der Waals surface area (Å²) in [5.41, 5.74) is 2.30. The second-order valence-corrected chi connectivity index (χ2v) is 2.48. The molecule has 0 spiro atoms. The van der Waals surface area contributed by atoms with E-state index in [1.165, 1.54) is 5.57 Å². The zero-order valence-electron chi connectivity index (χ0n) is 6.89. The second-order valence-electron chi connectivity index (χ2n) is 2.48. The first-order chi connectivity index (χ1) is 5.33. The Kier molecular flexibility index (Phi) is 2.68. The summed E-state index contributed by atoms with van der Waals surface area (Å²) in [5.74, 6) is 5.86. The van der Waals surface area contributed by atoms with E-state index in [0.29, 0.717) is 0 Å². The minimum Gasteiger partial charge on any atom is -0.289 e. The number of nitrogens with zero attached hydrogens (tertiary/aromatic N) is 1. The summed E-state index contributed by atoms with van der Waals surface area (Å²) in [4.78, 5) is 4.15. The van der Waals surface area contributed by atoms with Crippen LogP contribution in [0, 0.1) is 11.8 Å². The van der Waals surface area contributed by atoms with E-state index >= 15 is 0 Å². The van der Waals surface area contributed by atoms with Crippen LogP contribution in [-0.4, -0.2) is 12.8 Å². The molecule has 0 atom stereocenters. The van der Waals surface area contributed by atoms with Gasteiger partial charge in [-0.05, 0) is 26.0 Å². The molecule has 0 saturated heterocycles. The van der Waals surface area contributed by atoms with Gasteiger partial charge in [0.15, 0.2) is 0 Å². The molecule has 0 aromatic carbocycles. The smallest absolute Gasteiger partial charge is 0.0600 e. The predicted octanol–water partition coefficient (Wildman–Crippen LogP) is 1.97. The molecule has 1 aliphatic heterocycles. The highest BCUT2D eigenvalue weighted by Gasteiger charge is 1.92. The normalized spacial score (nSPS) is 15.8. The summed E-state index contributed by atoms with van der Waals surface area (Å²) in [6.07, 6.45) is 5.82. The van der Waals surface area contributed by atoms with E-state index in [1.54, 1.807) is 0 Å². The molecule has 0 aliphatic carbocycles. The fraction of sp³-hybridized carbons (Fsp3) is 0.300. The fourth-order valence-electron chi connectivity index (χ4n) is 0.911. The Labute approximate surface area is 67.5 Å². The lowest BCUT2D eigenvalue weighted by molar-refractivity contribution is 1.15. The maximum Gasteiger partial charge on any atom is 0.0600 e. The Morgan fingerprint density at radius 1 is 1.55 bits per heavy atom. The van der Waals surface area contributed by atoms with E-state index < -0.39 is 0 Å². The molecule has 0 aromatic heterocycles. The van der Waals surface area contributed by atoms with Crippen molar-refractivity contribution in [2.24, 2.45) is 4.99 Å². The molecule has 1 nitrogen and oxygen atoms in total. The van der Waals surface area contributed by atoms with Crippen LogP contribution in [0.5, 0.6) is 0 Å². The molecule has 0 aromatic rings. The second kappa shape index (κ2) is 3.78. The Hall–Kier alpha value is -1.29. The molecule has 1 rings (SSSR count). The average Bonchev–Trinajstić information content (AvgIpc) is 2.15. The van der Waals surface area contributed by atoms with Crippen molar-refractivity contribution in [3.63, 3.8) is 0 Å². The van der Waals surface area contributed by atoms with Gasteiger partial charge in [-0.2, -0.15) is 0 Å². The van der Waals surface area contributed by atoms with Crippen LogP contribution in [-0.2, 0) is 0 Å². The largest absolute Gasteiger partial charge is 0.289 e. The van der Waals surface area contributed by atoms with Gasteiger partial charge in [0.2, 0.25) is 0 Å². The van der Waals surface area contributed by atoms with Crippen LogP contribution in [0.3, 0.4) is 0 Å². The molecule has 0 bridgehead atoms. The van der Waals surface area contributed by atoms with E-state index in [1.807, 2.05) is 19.2 Å². The van der Waals surface area contributed by atoms with Crippen LogP contribution in [0.15, 0.2) is 28.3 Å². The molecule has 0 amide bonds. The maximum absolute atomic E-state index is 4.15. The van der Waals surface area contributed by atoms with E-state index in [9.17, 15) is 0 Å².